The molecule has 1 aromatic rings. The van der Waals surface area contributed by atoms with Crippen molar-refractivity contribution in [3.8, 4) is 12.3 Å². The quantitative estimate of drug-likeness (QED) is 0.714. The second kappa shape index (κ2) is 4.74. The molecule has 13 heavy (non-hydrogen) atoms. The van der Waals surface area contributed by atoms with Gasteiger partial charge in [0.25, 0.3) is 0 Å². The predicted octanol–water partition coefficient (Wildman–Crippen LogP) is 2.26. The Bertz CT molecular complexity index is 295. The zero-order valence-electron chi connectivity index (χ0n) is 8.13. The maximum atomic E-state index is 5.40. The molecule has 0 saturated carbocycles. The molecule has 1 aromatic heterocycles. The Morgan fingerprint density at radius 3 is 2.92 bits per heavy atom. The zero-order chi connectivity index (χ0) is 9.68. The molecule has 1 N–H and O–H groups in total. The standard InChI is InChI=1S/C11H15NO/c1-4-6-12-11(5-2)10-7-9(3)13-8-10/h2,7-8,11-12H,4,6H2,1,3H3. The molecule has 2 nitrogen and oxygen atoms in total. The Kier molecular flexibility index (Phi) is 3.60. The van der Waals surface area contributed by atoms with Crippen molar-refractivity contribution in [2.75, 3.05) is 6.54 Å². The minimum atomic E-state index is -0.0163. The normalized spacial score (nSPS) is 12.4. The van der Waals surface area contributed by atoms with Gasteiger partial charge < -0.3 is 4.42 Å². The molecular formula is C11H15NO. The van der Waals surface area contributed by atoms with Crippen molar-refractivity contribution in [2.45, 2.75) is 26.3 Å². The lowest BCUT2D eigenvalue weighted by atomic mass is 10.1. The first-order chi connectivity index (χ1) is 6.27. The number of terminal acetylenes is 1. The van der Waals surface area contributed by atoms with E-state index in [0.29, 0.717) is 0 Å². The van der Waals surface area contributed by atoms with Crippen LogP contribution >= 0.6 is 0 Å². The minimum absolute atomic E-state index is 0.0163. The summed E-state index contributed by atoms with van der Waals surface area (Å²) in [5.41, 5.74) is 1.04. The first-order valence-corrected chi connectivity index (χ1v) is 4.52. The number of hydrogen-bond acceptors (Lipinski definition) is 2. The number of rotatable bonds is 4. The lowest BCUT2D eigenvalue weighted by Crippen LogP contribution is -2.20. The molecule has 0 fully saturated rings. The van der Waals surface area contributed by atoms with Crippen LogP contribution in [0.1, 0.15) is 30.7 Å². The molecule has 0 amide bonds. The van der Waals surface area contributed by atoms with Crippen LogP contribution in [0.3, 0.4) is 0 Å². The fourth-order valence-electron chi connectivity index (χ4n) is 1.18. The van der Waals surface area contributed by atoms with Gasteiger partial charge in [-0.1, -0.05) is 12.8 Å². The fraction of sp³-hybridized carbons (Fsp3) is 0.455. The largest absolute Gasteiger partial charge is 0.469 e. The fourth-order valence-corrected chi connectivity index (χ4v) is 1.18. The van der Waals surface area contributed by atoms with Crippen LogP contribution in [0.5, 0.6) is 0 Å². The van der Waals surface area contributed by atoms with E-state index in [4.69, 9.17) is 10.8 Å². The monoisotopic (exact) mass is 177 g/mol. The van der Waals surface area contributed by atoms with Gasteiger partial charge in [0.05, 0.1) is 12.3 Å². The molecule has 0 saturated heterocycles. The third-order valence-electron chi connectivity index (χ3n) is 1.85. The molecule has 0 aromatic carbocycles. The Labute approximate surface area is 79.3 Å². The Morgan fingerprint density at radius 1 is 1.69 bits per heavy atom. The number of furan rings is 1. The summed E-state index contributed by atoms with van der Waals surface area (Å²) in [5, 5.41) is 3.25. The summed E-state index contributed by atoms with van der Waals surface area (Å²) in [6, 6.07) is 1.95. The van der Waals surface area contributed by atoms with Gasteiger partial charge in [0, 0.05) is 5.56 Å². The van der Waals surface area contributed by atoms with E-state index >= 15 is 0 Å². The molecule has 0 bridgehead atoms. The Balaban J connectivity index is 2.63. The molecule has 0 aliphatic heterocycles. The molecule has 0 aliphatic rings. The highest BCUT2D eigenvalue weighted by atomic mass is 16.3. The second-order valence-electron chi connectivity index (χ2n) is 3.04. The van der Waals surface area contributed by atoms with Gasteiger partial charge in [-0.05, 0) is 26.0 Å². The summed E-state index contributed by atoms with van der Waals surface area (Å²) in [4.78, 5) is 0. The Hall–Kier alpha value is -1.20. The highest BCUT2D eigenvalue weighted by molar-refractivity contribution is 5.23. The van der Waals surface area contributed by atoms with Crippen molar-refractivity contribution in [2.24, 2.45) is 0 Å². The molecule has 0 spiro atoms. The topological polar surface area (TPSA) is 25.2 Å². The summed E-state index contributed by atoms with van der Waals surface area (Å²) in [5.74, 6) is 3.59. The summed E-state index contributed by atoms with van der Waals surface area (Å²) < 4.78 is 5.19. The third-order valence-corrected chi connectivity index (χ3v) is 1.85. The highest BCUT2D eigenvalue weighted by Crippen LogP contribution is 2.15. The van der Waals surface area contributed by atoms with Crippen LogP contribution in [0.15, 0.2) is 16.7 Å². The van der Waals surface area contributed by atoms with Gasteiger partial charge in [0.15, 0.2) is 0 Å². The number of aryl methyl sites for hydroxylation is 1. The summed E-state index contributed by atoms with van der Waals surface area (Å²) in [6.45, 7) is 4.96. The highest BCUT2D eigenvalue weighted by Gasteiger charge is 2.08. The Morgan fingerprint density at radius 2 is 2.46 bits per heavy atom. The van der Waals surface area contributed by atoms with E-state index in [1.54, 1.807) is 6.26 Å². The van der Waals surface area contributed by atoms with Gasteiger partial charge in [-0.2, -0.15) is 0 Å². The van der Waals surface area contributed by atoms with E-state index in [1.807, 2.05) is 13.0 Å². The van der Waals surface area contributed by atoms with Crippen LogP contribution in [-0.4, -0.2) is 6.54 Å². The smallest absolute Gasteiger partial charge is 0.101 e. The molecule has 0 radical (unpaired) electrons. The van der Waals surface area contributed by atoms with Gasteiger partial charge in [0.1, 0.15) is 5.76 Å². The van der Waals surface area contributed by atoms with Gasteiger partial charge in [-0.15, -0.1) is 6.42 Å². The average Bonchev–Trinajstić information content (AvgIpc) is 2.54. The first kappa shape index (κ1) is 9.88. The van der Waals surface area contributed by atoms with E-state index in [1.165, 1.54) is 0 Å². The van der Waals surface area contributed by atoms with Crippen molar-refractivity contribution in [3.63, 3.8) is 0 Å². The van der Waals surface area contributed by atoms with Crippen molar-refractivity contribution in [3.05, 3.63) is 23.7 Å². The van der Waals surface area contributed by atoms with Crippen molar-refractivity contribution in [1.29, 1.82) is 0 Å². The number of nitrogens with one attached hydrogen (secondary N) is 1. The molecule has 70 valence electrons. The predicted molar refractivity (Wildman–Crippen MR) is 53.3 cm³/mol. The van der Waals surface area contributed by atoms with Gasteiger partial charge in [-0.25, -0.2) is 0 Å². The maximum Gasteiger partial charge on any atom is 0.101 e. The van der Waals surface area contributed by atoms with E-state index in [9.17, 15) is 0 Å². The SMILES string of the molecule is C#CC(NCCC)c1coc(C)c1. The van der Waals surface area contributed by atoms with Crippen LogP contribution in [0.2, 0.25) is 0 Å². The third kappa shape index (κ3) is 2.64. The lowest BCUT2D eigenvalue weighted by Gasteiger charge is -2.08. The van der Waals surface area contributed by atoms with Gasteiger partial charge in [-0.3, -0.25) is 5.32 Å². The van der Waals surface area contributed by atoms with Gasteiger partial charge in [0.2, 0.25) is 0 Å². The van der Waals surface area contributed by atoms with E-state index < -0.39 is 0 Å². The van der Waals surface area contributed by atoms with Crippen molar-refractivity contribution in [1.82, 2.24) is 5.32 Å². The molecule has 1 atom stereocenters. The molecular weight excluding hydrogens is 162 g/mol. The molecule has 2 heteroatoms. The van der Waals surface area contributed by atoms with Crippen molar-refractivity contribution >= 4 is 0 Å². The van der Waals surface area contributed by atoms with Crippen LogP contribution in [0.4, 0.5) is 0 Å². The summed E-state index contributed by atoms with van der Waals surface area (Å²) in [6.07, 6.45) is 8.19. The summed E-state index contributed by atoms with van der Waals surface area (Å²) in [7, 11) is 0. The van der Waals surface area contributed by atoms with E-state index in [2.05, 4.69) is 18.2 Å². The van der Waals surface area contributed by atoms with Crippen LogP contribution in [0, 0.1) is 19.3 Å². The van der Waals surface area contributed by atoms with E-state index in [-0.39, 0.29) is 6.04 Å². The lowest BCUT2D eigenvalue weighted by molar-refractivity contribution is 0.526. The van der Waals surface area contributed by atoms with Gasteiger partial charge >= 0.3 is 0 Å². The minimum Gasteiger partial charge on any atom is -0.469 e. The molecule has 1 heterocycles. The van der Waals surface area contributed by atoms with Crippen LogP contribution < -0.4 is 5.32 Å². The van der Waals surface area contributed by atoms with E-state index in [0.717, 1.165) is 24.3 Å². The number of hydrogen-bond donors (Lipinski definition) is 1. The maximum absolute atomic E-state index is 5.40. The first-order valence-electron chi connectivity index (χ1n) is 4.52. The second-order valence-corrected chi connectivity index (χ2v) is 3.04. The van der Waals surface area contributed by atoms with Crippen LogP contribution in [0.25, 0.3) is 0 Å². The average molecular weight is 177 g/mol. The van der Waals surface area contributed by atoms with Crippen LogP contribution in [-0.2, 0) is 0 Å². The summed E-state index contributed by atoms with van der Waals surface area (Å²) >= 11 is 0. The molecule has 0 aliphatic carbocycles. The molecule has 1 rings (SSSR count). The molecule has 1 unspecified atom stereocenters. The zero-order valence-corrected chi connectivity index (χ0v) is 8.13. The van der Waals surface area contributed by atoms with Crippen molar-refractivity contribution < 1.29 is 4.42 Å².